The maximum atomic E-state index is 13.2. The van der Waals surface area contributed by atoms with Gasteiger partial charge in [0.05, 0.1) is 0 Å². The average Bonchev–Trinajstić information content (AvgIpc) is 2.47. The number of piperidine rings is 1. The van der Waals surface area contributed by atoms with Gasteiger partial charge < -0.3 is 9.32 Å². The molecule has 0 radical (unpaired) electrons. The Morgan fingerprint density at radius 1 is 1.24 bits per heavy atom. The van der Waals surface area contributed by atoms with E-state index in [1.54, 1.807) is 11.8 Å². The van der Waals surface area contributed by atoms with Crippen LogP contribution in [0, 0.1) is 12.7 Å². The summed E-state index contributed by atoms with van der Waals surface area (Å²) in [6.45, 7) is 3.03. The van der Waals surface area contributed by atoms with Gasteiger partial charge in [0.25, 0.3) is 5.91 Å². The number of aryl methyl sites for hydroxylation is 1. The molecule has 0 N–H and O–H groups in total. The van der Waals surface area contributed by atoms with Gasteiger partial charge in [-0.15, -0.1) is 0 Å². The molecule has 0 aliphatic carbocycles. The monoisotopic (exact) mass is 289 g/mol. The molecular weight excluding hydrogens is 273 g/mol. The largest absolute Gasteiger partial charge is 0.422 e. The summed E-state index contributed by atoms with van der Waals surface area (Å²) in [6, 6.07) is 4.00. The Kier molecular flexibility index (Phi) is 3.49. The van der Waals surface area contributed by atoms with Crippen molar-refractivity contribution >= 4 is 16.9 Å². The molecule has 0 atom stereocenters. The van der Waals surface area contributed by atoms with Gasteiger partial charge in [0.15, 0.2) is 0 Å². The Labute approximate surface area is 121 Å². The number of hydrogen-bond donors (Lipinski definition) is 0. The molecule has 0 unspecified atom stereocenters. The molecule has 110 valence electrons. The van der Waals surface area contributed by atoms with Crippen molar-refractivity contribution in [1.29, 1.82) is 0 Å². The fourth-order valence-electron chi connectivity index (χ4n) is 2.83. The molecule has 0 saturated carbocycles. The lowest BCUT2D eigenvalue weighted by Gasteiger charge is -2.26. The summed E-state index contributed by atoms with van der Waals surface area (Å²) in [7, 11) is 0. The second-order valence-electron chi connectivity index (χ2n) is 5.38. The third-order valence-corrected chi connectivity index (χ3v) is 3.99. The molecule has 3 rings (SSSR count). The molecule has 1 aliphatic rings. The van der Waals surface area contributed by atoms with Crippen LogP contribution in [0.1, 0.15) is 35.2 Å². The molecule has 5 heteroatoms. The predicted octanol–water partition coefficient (Wildman–Crippen LogP) is 2.87. The number of nitrogens with zero attached hydrogens (tertiary/aromatic N) is 1. The van der Waals surface area contributed by atoms with E-state index in [0.717, 1.165) is 19.3 Å². The Bertz CT molecular complexity index is 760. The van der Waals surface area contributed by atoms with Crippen molar-refractivity contribution in [3.8, 4) is 0 Å². The van der Waals surface area contributed by atoms with Crippen molar-refractivity contribution in [3.05, 3.63) is 45.6 Å². The first-order valence-electron chi connectivity index (χ1n) is 7.10. The molecular formula is C16H16FNO3. The van der Waals surface area contributed by atoms with Crippen molar-refractivity contribution in [2.75, 3.05) is 13.1 Å². The third kappa shape index (κ3) is 2.44. The van der Waals surface area contributed by atoms with Gasteiger partial charge in [-0.05, 0) is 43.9 Å². The Morgan fingerprint density at radius 2 is 1.95 bits per heavy atom. The van der Waals surface area contributed by atoms with Gasteiger partial charge in [-0.3, -0.25) is 4.79 Å². The molecule has 21 heavy (non-hydrogen) atoms. The zero-order valence-electron chi connectivity index (χ0n) is 11.8. The molecule has 2 heterocycles. The quantitative estimate of drug-likeness (QED) is 0.758. The van der Waals surface area contributed by atoms with Crippen LogP contribution in [0.25, 0.3) is 11.0 Å². The number of halogens is 1. The highest BCUT2D eigenvalue weighted by molar-refractivity contribution is 5.99. The van der Waals surface area contributed by atoms with Crippen LogP contribution in [0.2, 0.25) is 0 Å². The van der Waals surface area contributed by atoms with Crippen LogP contribution in [0.15, 0.2) is 27.4 Å². The average molecular weight is 289 g/mol. The zero-order chi connectivity index (χ0) is 15.0. The second-order valence-corrected chi connectivity index (χ2v) is 5.38. The maximum Gasteiger partial charge on any atom is 0.349 e. The molecule has 1 aromatic heterocycles. The van der Waals surface area contributed by atoms with Crippen LogP contribution in [0.3, 0.4) is 0 Å². The fraction of sp³-hybridized carbons (Fsp3) is 0.375. The normalized spacial score (nSPS) is 15.4. The van der Waals surface area contributed by atoms with Crippen molar-refractivity contribution < 1.29 is 13.6 Å². The minimum atomic E-state index is -0.693. The second kappa shape index (κ2) is 5.31. The minimum absolute atomic E-state index is 0.0657. The van der Waals surface area contributed by atoms with E-state index in [-0.39, 0.29) is 17.1 Å². The molecule has 1 aliphatic heterocycles. The van der Waals surface area contributed by atoms with Gasteiger partial charge in [-0.2, -0.15) is 0 Å². The maximum absolute atomic E-state index is 13.2. The summed E-state index contributed by atoms with van der Waals surface area (Å²) in [5.74, 6) is -0.757. The topological polar surface area (TPSA) is 50.5 Å². The first kappa shape index (κ1) is 13.8. The lowest BCUT2D eigenvalue weighted by atomic mass is 10.0. The molecule has 1 saturated heterocycles. The number of carbonyl (C=O) groups is 1. The van der Waals surface area contributed by atoms with Crippen molar-refractivity contribution in [2.24, 2.45) is 0 Å². The van der Waals surface area contributed by atoms with Gasteiger partial charge in [0.2, 0.25) is 0 Å². The van der Waals surface area contributed by atoms with Crippen LogP contribution in [-0.4, -0.2) is 23.9 Å². The van der Waals surface area contributed by atoms with Crippen LogP contribution in [0.5, 0.6) is 0 Å². The van der Waals surface area contributed by atoms with E-state index in [4.69, 9.17) is 4.42 Å². The number of hydrogen-bond acceptors (Lipinski definition) is 3. The van der Waals surface area contributed by atoms with E-state index in [2.05, 4.69) is 0 Å². The molecule has 1 fully saturated rings. The number of fused-ring (bicyclic) bond motifs is 1. The number of rotatable bonds is 1. The number of likely N-dealkylation sites (tertiary alicyclic amines) is 1. The summed E-state index contributed by atoms with van der Waals surface area (Å²) in [4.78, 5) is 26.3. The first-order valence-corrected chi connectivity index (χ1v) is 7.10. The highest BCUT2D eigenvalue weighted by atomic mass is 19.1. The Balaban J connectivity index is 2.12. The van der Waals surface area contributed by atoms with E-state index in [1.165, 1.54) is 18.2 Å². The van der Waals surface area contributed by atoms with Crippen LogP contribution in [-0.2, 0) is 0 Å². The van der Waals surface area contributed by atoms with E-state index >= 15 is 0 Å². The number of carbonyl (C=O) groups excluding carboxylic acids is 1. The van der Waals surface area contributed by atoms with Crippen molar-refractivity contribution in [1.82, 2.24) is 4.90 Å². The molecule has 0 bridgehead atoms. The standard InChI is InChI=1S/C16H16FNO3/c1-10-12-6-5-11(17)9-13(12)21-16(20)14(10)15(19)18-7-3-2-4-8-18/h5-6,9H,2-4,7-8H2,1H3. The van der Waals surface area contributed by atoms with Gasteiger partial charge >= 0.3 is 5.63 Å². The molecule has 4 nitrogen and oxygen atoms in total. The molecule has 2 aromatic rings. The van der Waals surface area contributed by atoms with Crippen LogP contribution < -0.4 is 5.63 Å². The summed E-state index contributed by atoms with van der Waals surface area (Å²) in [5, 5.41) is 0.594. The lowest BCUT2D eigenvalue weighted by molar-refractivity contribution is 0.0719. The molecule has 0 spiro atoms. The van der Waals surface area contributed by atoms with E-state index in [0.29, 0.717) is 24.0 Å². The lowest BCUT2D eigenvalue weighted by Crippen LogP contribution is -2.38. The van der Waals surface area contributed by atoms with Crippen LogP contribution in [0.4, 0.5) is 4.39 Å². The molecule has 1 amide bonds. The van der Waals surface area contributed by atoms with E-state index < -0.39 is 11.4 Å². The Hall–Kier alpha value is -2.17. The van der Waals surface area contributed by atoms with Gasteiger partial charge in [-0.25, -0.2) is 9.18 Å². The number of amides is 1. The van der Waals surface area contributed by atoms with Gasteiger partial charge in [0, 0.05) is 24.5 Å². The van der Waals surface area contributed by atoms with E-state index in [1.807, 2.05) is 0 Å². The zero-order valence-corrected chi connectivity index (χ0v) is 11.8. The fourth-order valence-corrected chi connectivity index (χ4v) is 2.83. The smallest absolute Gasteiger partial charge is 0.349 e. The summed E-state index contributed by atoms with van der Waals surface area (Å²) in [5.41, 5.74) is 0.0988. The van der Waals surface area contributed by atoms with Gasteiger partial charge in [-0.1, -0.05) is 0 Å². The highest BCUT2D eigenvalue weighted by Gasteiger charge is 2.24. The van der Waals surface area contributed by atoms with Crippen LogP contribution >= 0.6 is 0 Å². The minimum Gasteiger partial charge on any atom is -0.422 e. The summed E-state index contributed by atoms with van der Waals surface area (Å²) < 4.78 is 18.3. The summed E-state index contributed by atoms with van der Waals surface area (Å²) in [6.07, 6.45) is 3.01. The third-order valence-electron chi connectivity index (χ3n) is 3.99. The predicted molar refractivity (Wildman–Crippen MR) is 76.9 cm³/mol. The van der Waals surface area contributed by atoms with Crippen molar-refractivity contribution in [2.45, 2.75) is 26.2 Å². The highest BCUT2D eigenvalue weighted by Crippen LogP contribution is 2.22. The van der Waals surface area contributed by atoms with Gasteiger partial charge in [0.1, 0.15) is 17.0 Å². The first-order chi connectivity index (χ1) is 10.1. The van der Waals surface area contributed by atoms with Crippen molar-refractivity contribution in [3.63, 3.8) is 0 Å². The summed E-state index contributed by atoms with van der Waals surface area (Å²) >= 11 is 0. The number of benzene rings is 1. The van der Waals surface area contributed by atoms with E-state index in [9.17, 15) is 14.0 Å². The molecule has 1 aromatic carbocycles. The Morgan fingerprint density at radius 3 is 2.67 bits per heavy atom. The SMILES string of the molecule is Cc1c(C(=O)N2CCCCC2)c(=O)oc2cc(F)ccc12.